The Labute approximate surface area is 127 Å². The van der Waals surface area contributed by atoms with Crippen LogP contribution in [0.15, 0.2) is 24.3 Å². The molecule has 0 aliphatic carbocycles. The molecule has 1 unspecified atom stereocenters. The lowest BCUT2D eigenvalue weighted by Crippen LogP contribution is -2.37. The highest BCUT2D eigenvalue weighted by Crippen LogP contribution is 2.22. The van der Waals surface area contributed by atoms with Crippen molar-refractivity contribution < 1.29 is 4.79 Å². The number of hydrogen-bond donors (Lipinski definition) is 2. The SMILES string of the molecule is CC(C)(C)c1ccc(C(=O)NCC2CCCN2)cc1.Cl. The van der Waals surface area contributed by atoms with Crippen molar-refractivity contribution in [3.8, 4) is 0 Å². The molecule has 1 saturated heterocycles. The van der Waals surface area contributed by atoms with E-state index in [0.29, 0.717) is 6.04 Å². The van der Waals surface area contributed by atoms with Gasteiger partial charge in [0.2, 0.25) is 0 Å². The fourth-order valence-corrected chi connectivity index (χ4v) is 2.37. The maximum Gasteiger partial charge on any atom is 0.251 e. The van der Waals surface area contributed by atoms with Crippen LogP contribution < -0.4 is 10.6 Å². The number of amides is 1. The number of carbonyl (C=O) groups is 1. The number of nitrogens with one attached hydrogen (secondary N) is 2. The van der Waals surface area contributed by atoms with Crippen LogP contribution in [-0.2, 0) is 5.41 Å². The van der Waals surface area contributed by atoms with E-state index >= 15 is 0 Å². The Hall–Kier alpha value is -1.06. The molecule has 1 aromatic rings. The Morgan fingerprint density at radius 2 is 1.95 bits per heavy atom. The standard InChI is InChI=1S/C16H24N2O.ClH/c1-16(2,3)13-8-6-12(7-9-13)15(19)18-11-14-5-4-10-17-14;/h6-9,14,17H,4-5,10-11H2,1-3H3,(H,18,19);1H. The van der Waals surface area contributed by atoms with E-state index in [1.807, 2.05) is 24.3 Å². The van der Waals surface area contributed by atoms with Crippen LogP contribution in [0.5, 0.6) is 0 Å². The lowest BCUT2D eigenvalue weighted by Gasteiger charge is -2.19. The van der Waals surface area contributed by atoms with Crippen LogP contribution in [0.3, 0.4) is 0 Å². The minimum atomic E-state index is 0. The second-order valence-corrected chi connectivity index (χ2v) is 6.33. The van der Waals surface area contributed by atoms with E-state index in [-0.39, 0.29) is 23.7 Å². The predicted molar refractivity (Wildman–Crippen MR) is 85.7 cm³/mol. The van der Waals surface area contributed by atoms with Crippen molar-refractivity contribution in [2.45, 2.75) is 45.1 Å². The summed E-state index contributed by atoms with van der Waals surface area (Å²) in [6.45, 7) is 8.32. The van der Waals surface area contributed by atoms with Gasteiger partial charge >= 0.3 is 0 Å². The van der Waals surface area contributed by atoms with E-state index in [9.17, 15) is 4.79 Å². The average Bonchev–Trinajstić information content (AvgIpc) is 2.88. The van der Waals surface area contributed by atoms with Gasteiger partial charge in [-0.1, -0.05) is 32.9 Å². The summed E-state index contributed by atoms with van der Waals surface area (Å²) in [6.07, 6.45) is 2.37. The van der Waals surface area contributed by atoms with E-state index in [4.69, 9.17) is 0 Å². The summed E-state index contributed by atoms with van der Waals surface area (Å²) < 4.78 is 0. The molecule has 2 N–H and O–H groups in total. The molecule has 4 heteroatoms. The van der Waals surface area contributed by atoms with E-state index < -0.39 is 0 Å². The van der Waals surface area contributed by atoms with Gasteiger partial charge in [-0.2, -0.15) is 0 Å². The monoisotopic (exact) mass is 296 g/mol. The van der Waals surface area contributed by atoms with Gasteiger partial charge in [-0.25, -0.2) is 0 Å². The van der Waals surface area contributed by atoms with Gasteiger partial charge in [0.05, 0.1) is 0 Å². The molecule has 2 rings (SSSR count). The van der Waals surface area contributed by atoms with Crippen LogP contribution >= 0.6 is 12.4 Å². The zero-order valence-corrected chi connectivity index (χ0v) is 13.3. The third kappa shape index (κ3) is 4.50. The van der Waals surface area contributed by atoms with Crippen LogP contribution in [0, 0.1) is 0 Å². The first kappa shape index (κ1) is 17.0. The van der Waals surface area contributed by atoms with Crippen molar-refractivity contribution in [1.82, 2.24) is 10.6 Å². The first-order valence-corrected chi connectivity index (χ1v) is 7.09. The second-order valence-electron chi connectivity index (χ2n) is 6.33. The molecule has 1 aliphatic rings. The van der Waals surface area contributed by atoms with Crippen LogP contribution in [-0.4, -0.2) is 25.0 Å². The molecule has 0 bridgehead atoms. The fraction of sp³-hybridized carbons (Fsp3) is 0.562. The first-order valence-electron chi connectivity index (χ1n) is 7.09. The zero-order chi connectivity index (χ0) is 13.9. The van der Waals surface area contributed by atoms with Gasteiger partial charge in [0.15, 0.2) is 0 Å². The summed E-state index contributed by atoms with van der Waals surface area (Å²) in [4.78, 5) is 12.0. The summed E-state index contributed by atoms with van der Waals surface area (Å²) in [7, 11) is 0. The van der Waals surface area contributed by atoms with Crippen molar-refractivity contribution in [1.29, 1.82) is 0 Å². The fourth-order valence-electron chi connectivity index (χ4n) is 2.37. The maximum atomic E-state index is 12.0. The summed E-state index contributed by atoms with van der Waals surface area (Å²) in [5.74, 6) is 0.0224. The summed E-state index contributed by atoms with van der Waals surface area (Å²) in [6, 6.07) is 8.36. The second kappa shape index (κ2) is 7.09. The highest BCUT2D eigenvalue weighted by atomic mass is 35.5. The van der Waals surface area contributed by atoms with Gasteiger partial charge in [-0.15, -0.1) is 12.4 Å². The molecule has 1 aliphatic heterocycles. The highest BCUT2D eigenvalue weighted by Gasteiger charge is 2.16. The van der Waals surface area contributed by atoms with Gasteiger partial charge in [0.1, 0.15) is 0 Å². The van der Waals surface area contributed by atoms with Crippen LogP contribution in [0.1, 0.15) is 49.5 Å². The predicted octanol–water partition coefficient (Wildman–Crippen LogP) is 2.89. The van der Waals surface area contributed by atoms with Crippen LogP contribution in [0.2, 0.25) is 0 Å². The molecule has 0 aromatic heterocycles. The first-order chi connectivity index (χ1) is 8.97. The molecule has 1 fully saturated rings. The number of halogens is 1. The number of hydrogen-bond acceptors (Lipinski definition) is 2. The van der Waals surface area contributed by atoms with E-state index in [2.05, 4.69) is 31.4 Å². The largest absolute Gasteiger partial charge is 0.350 e. The molecular formula is C16H25ClN2O. The van der Waals surface area contributed by atoms with Crippen LogP contribution in [0.25, 0.3) is 0 Å². The summed E-state index contributed by atoms with van der Waals surface area (Å²) in [5, 5.41) is 6.38. The van der Waals surface area contributed by atoms with E-state index in [1.54, 1.807) is 0 Å². The summed E-state index contributed by atoms with van der Waals surface area (Å²) >= 11 is 0. The minimum absolute atomic E-state index is 0. The third-order valence-electron chi connectivity index (χ3n) is 3.68. The van der Waals surface area contributed by atoms with E-state index in [1.165, 1.54) is 12.0 Å². The number of rotatable bonds is 3. The van der Waals surface area contributed by atoms with Crippen molar-refractivity contribution in [2.75, 3.05) is 13.1 Å². The van der Waals surface area contributed by atoms with Gasteiger partial charge in [-0.3, -0.25) is 4.79 Å². The average molecular weight is 297 g/mol. The van der Waals surface area contributed by atoms with Gasteiger partial charge in [-0.05, 0) is 42.5 Å². The lowest BCUT2D eigenvalue weighted by molar-refractivity contribution is 0.0950. The molecule has 20 heavy (non-hydrogen) atoms. The number of benzene rings is 1. The molecule has 0 saturated carbocycles. The Morgan fingerprint density at radius 1 is 1.30 bits per heavy atom. The maximum absolute atomic E-state index is 12.0. The normalized spacial score (nSPS) is 18.4. The minimum Gasteiger partial charge on any atom is -0.350 e. The highest BCUT2D eigenvalue weighted by molar-refractivity contribution is 5.94. The quantitative estimate of drug-likeness (QED) is 0.900. The zero-order valence-electron chi connectivity index (χ0n) is 12.5. The molecule has 0 spiro atoms. The topological polar surface area (TPSA) is 41.1 Å². The molecule has 0 radical (unpaired) electrons. The van der Waals surface area contributed by atoms with Crippen molar-refractivity contribution >= 4 is 18.3 Å². The Balaban J connectivity index is 0.00000200. The smallest absolute Gasteiger partial charge is 0.251 e. The molecule has 112 valence electrons. The van der Waals surface area contributed by atoms with Gasteiger partial charge in [0.25, 0.3) is 5.91 Å². The molecule has 1 atom stereocenters. The molecule has 1 heterocycles. The van der Waals surface area contributed by atoms with Crippen molar-refractivity contribution in [3.05, 3.63) is 35.4 Å². The molecular weight excluding hydrogens is 272 g/mol. The summed E-state index contributed by atoms with van der Waals surface area (Å²) in [5.41, 5.74) is 2.12. The Kier molecular flexibility index (Phi) is 6.03. The van der Waals surface area contributed by atoms with Crippen molar-refractivity contribution in [3.63, 3.8) is 0 Å². The van der Waals surface area contributed by atoms with Gasteiger partial charge in [0, 0.05) is 18.2 Å². The van der Waals surface area contributed by atoms with Crippen LogP contribution in [0.4, 0.5) is 0 Å². The molecule has 1 aromatic carbocycles. The van der Waals surface area contributed by atoms with Gasteiger partial charge < -0.3 is 10.6 Å². The Morgan fingerprint density at radius 3 is 2.45 bits per heavy atom. The molecule has 1 amide bonds. The lowest BCUT2D eigenvalue weighted by atomic mass is 9.87. The van der Waals surface area contributed by atoms with Crippen molar-refractivity contribution in [2.24, 2.45) is 0 Å². The molecule has 3 nitrogen and oxygen atoms in total. The Bertz CT molecular complexity index is 431. The van der Waals surface area contributed by atoms with E-state index in [0.717, 1.165) is 25.1 Å². The number of carbonyl (C=O) groups excluding carboxylic acids is 1. The third-order valence-corrected chi connectivity index (χ3v) is 3.68.